The molecule has 1 heterocycles. The zero-order chi connectivity index (χ0) is 19.4. The summed E-state index contributed by atoms with van der Waals surface area (Å²) in [6.07, 6.45) is 0.301. The van der Waals surface area contributed by atoms with E-state index in [2.05, 4.69) is 35.4 Å². The molecule has 1 aromatic heterocycles. The Morgan fingerprint density at radius 2 is 1.81 bits per heavy atom. The Morgan fingerprint density at radius 3 is 2.44 bits per heavy atom. The zero-order valence-electron chi connectivity index (χ0n) is 15.6. The molecular weight excluding hydrogens is 354 g/mol. The quantitative estimate of drug-likeness (QED) is 0.702. The molecule has 0 saturated heterocycles. The molecule has 0 aliphatic heterocycles. The number of aromatic nitrogens is 1. The third-order valence-electron chi connectivity index (χ3n) is 4.37. The predicted molar refractivity (Wildman–Crippen MR) is 108 cm³/mol. The first-order valence-electron chi connectivity index (χ1n) is 8.79. The van der Waals surface area contributed by atoms with Crippen LogP contribution >= 0.6 is 11.3 Å². The van der Waals surface area contributed by atoms with E-state index in [-0.39, 0.29) is 11.9 Å². The lowest BCUT2D eigenvalue weighted by Gasteiger charge is -2.14. The van der Waals surface area contributed by atoms with E-state index < -0.39 is 0 Å². The first-order valence-corrected chi connectivity index (χ1v) is 9.60. The van der Waals surface area contributed by atoms with E-state index >= 15 is 0 Å². The maximum Gasteiger partial charge on any atom is 0.225 e. The van der Waals surface area contributed by atoms with E-state index in [0.717, 1.165) is 26.7 Å². The Labute approximate surface area is 163 Å². The van der Waals surface area contributed by atoms with Crippen molar-refractivity contribution >= 4 is 17.2 Å². The SMILES string of the molecule is Cc1ccc(-c2nc(C)sc2CC(=O)NC(C)c2ccc(C#N)cc2)cc1. The number of benzene rings is 2. The summed E-state index contributed by atoms with van der Waals surface area (Å²) in [7, 11) is 0. The van der Waals surface area contributed by atoms with Gasteiger partial charge in [-0.05, 0) is 38.5 Å². The zero-order valence-corrected chi connectivity index (χ0v) is 16.4. The summed E-state index contributed by atoms with van der Waals surface area (Å²) in [6, 6.07) is 17.5. The fourth-order valence-electron chi connectivity index (χ4n) is 2.89. The van der Waals surface area contributed by atoms with Crippen LogP contribution in [0.2, 0.25) is 0 Å². The lowest BCUT2D eigenvalue weighted by atomic mass is 10.1. The monoisotopic (exact) mass is 375 g/mol. The molecule has 1 N–H and O–H groups in total. The Hall–Kier alpha value is -2.97. The third kappa shape index (κ3) is 4.60. The fourth-order valence-corrected chi connectivity index (χ4v) is 3.85. The summed E-state index contributed by atoms with van der Waals surface area (Å²) >= 11 is 1.56. The standard InChI is InChI=1S/C22H21N3OS/c1-14-4-8-19(9-5-14)22-20(27-16(3)25-22)12-21(26)24-15(2)18-10-6-17(13-23)7-11-18/h4-11,15H,12H2,1-3H3,(H,24,26). The van der Waals surface area contributed by atoms with E-state index in [4.69, 9.17) is 5.26 Å². The van der Waals surface area contributed by atoms with Gasteiger partial charge in [0.15, 0.2) is 0 Å². The van der Waals surface area contributed by atoms with Crippen LogP contribution in [-0.4, -0.2) is 10.9 Å². The largest absolute Gasteiger partial charge is 0.349 e. The number of rotatable bonds is 5. The van der Waals surface area contributed by atoms with Gasteiger partial charge in [0.05, 0.1) is 34.8 Å². The second kappa shape index (κ2) is 8.15. The Morgan fingerprint density at radius 1 is 1.15 bits per heavy atom. The Balaban J connectivity index is 1.72. The number of nitrogens with zero attached hydrogens (tertiary/aromatic N) is 2. The number of thiazole rings is 1. The van der Waals surface area contributed by atoms with Crippen molar-refractivity contribution in [2.75, 3.05) is 0 Å². The second-order valence-electron chi connectivity index (χ2n) is 6.57. The molecule has 0 saturated carbocycles. The van der Waals surface area contributed by atoms with Crippen LogP contribution in [0, 0.1) is 25.2 Å². The van der Waals surface area contributed by atoms with Crippen LogP contribution in [0.5, 0.6) is 0 Å². The number of hydrogen-bond acceptors (Lipinski definition) is 4. The van der Waals surface area contributed by atoms with Gasteiger partial charge in [0.25, 0.3) is 0 Å². The van der Waals surface area contributed by atoms with E-state index in [1.54, 1.807) is 23.5 Å². The molecule has 0 radical (unpaired) electrons. The predicted octanol–water partition coefficient (Wildman–Crippen LogP) is 4.72. The number of nitrogens with one attached hydrogen (secondary N) is 1. The Bertz CT molecular complexity index is 982. The van der Waals surface area contributed by atoms with Gasteiger partial charge in [-0.2, -0.15) is 5.26 Å². The summed E-state index contributed by atoms with van der Waals surface area (Å²) in [5.41, 5.74) is 4.70. The highest BCUT2D eigenvalue weighted by Crippen LogP contribution is 2.29. The number of carbonyl (C=O) groups is 1. The van der Waals surface area contributed by atoms with Crippen LogP contribution in [0.3, 0.4) is 0 Å². The van der Waals surface area contributed by atoms with Crippen molar-refractivity contribution < 1.29 is 4.79 Å². The molecule has 0 spiro atoms. The van der Waals surface area contributed by atoms with Crippen molar-refractivity contribution in [3.63, 3.8) is 0 Å². The molecule has 3 aromatic rings. The van der Waals surface area contributed by atoms with Crippen molar-refractivity contribution in [1.29, 1.82) is 5.26 Å². The number of nitriles is 1. The van der Waals surface area contributed by atoms with Gasteiger partial charge in [-0.3, -0.25) is 4.79 Å². The van der Waals surface area contributed by atoms with E-state index in [1.807, 2.05) is 38.1 Å². The lowest BCUT2D eigenvalue weighted by molar-refractivity contribution is -0.121. The molecular formula is C22H21N3OS. The molecule has 136 valence electrons. The molecule has 0 bridgehead atoms. The molecule has 3 rings (SSSR count). The number of amides is 1. The van der Waals surface area contributed by atoms with Gasteiger partial charge in [0.1, 0.15) is 0 Å². The summed E-state index contributed by atoms with van der Waals surface area (Å²) in [6.45, 7) is 5.95. The summed E-state index contributed by atoms with van der Waals surface area (Å²) < 4.78 is 0. The normalized spacial score (nSPS) is 11.6. The molecule has 0 aliphatic rings. The topological polar surface area (TPSA) is 65.8 Å². The van der Waals surface area contributed by atoms with Gasteiger partial charge < -0.3 is 5.32 Å². The summed E-state index contributed by atoms with van der Waals surface area (Å²) in [5, 5.41) is 12.9. The van der Waals surface area contributed by atoms with Gasteiger partial charge in [0.2, 0.25) is 5.91 Å². The van der Waals surface area contributed by atoms with Crippen molar-refractivity contribution in [1.82, 2.24) is 10.3 Å². The highest BCUT2D eigenvalue weighted by Gasteiger charge is 2.16. The maximum absolute atomic E-state index is 12.6. The van der Waals surface area contributed by atoms with Gasteiger partial charge >= 0.3 is 0 Å². The molecule has 1 amide bonds. The average Bonchev–Trinajstić information content (AvgIpc) is 3.02. The molecule has 2 aromatic carbocycles. The highest BCUT2D eigenvalue weighted by molar-refractivity contribution is 7.12. The number of carbonyl (C=O) groups excluding carboxylic acids is 1. The fraction of sp³-hybridized carbons (Fsp3) is 0.227. The van der Waals surface area contributed by atoms with Crippen LogP contribution < -0.4 is 5.32 Å². The smallest absolute Gasteiger partial charge is 0.225 e. The van der Waals surface area contributed by atoms with E-state index in [0.29, 0.717) is 12.0 Å². The highest BCUT2D eigenvalue weighted by atomic mass is 32.1. The summed E-state index contributed by atoms with van der Waals surface area (Å²) in [4.78, 5) is 18.2. The average molecular weight is 375 g/mol. The molecule has 27 heavy (non-hydrogen) atoms. The van der Waals surface area contributed by atoms with Gasteiger partial charge in [-0.15, -0.1) is 11.3 Å². The molecule has 0 aliphatic carbocycles. The van der Waals surface area contributed by atoms with Crippen LogP contribution in [0.25, 0.3) is 11.3 Å². The number of hydrogen-bond donors (Lipinski definition) is 1. The van der Waals surface area contributed by atoms with Crippen LogP contribution in [-0.2, 0) is 11.2 Å². The second-order valence-corrected chi connectivity index (χ2v) is 7.86. The van der Waals surface area contributed by atoms with Gasteiger partial charge in [-0.1, -0.05) is 42.0 Å². The maximum atomic E-state index is 12.6. The van der Waals surface area contributed by atoms with Gasteiger partial charge in [-0.25, -0.2) is 4.98 Å². The van der Waals surface area contributed by atoms with Crippen LogP contribution in [0.15, 0.2) is 48.5 Å². The first kappa shape index (κ1) is 18.8. The van der Waals surface area contributed by atoms with E-state index in [9.17, 15) is 4.79 Å². The number of aryl methyl sites for hydroxylation is 2. The van der Waals surface area contributed by atoms with Gasteiger partial charge in [0, 0.05) is 10.4 Å². The summed E-state index contributed by atoms with van der Waals surface area (Å²) in [5.74, 6) is -0.0381. The van der Waals surface area contributed by atoms with Crippen LogP contribution in [0.4, 0.5) is 0 Å². The van der Waals surface area contributed by atoms with Crippen molar-refractivity contribution in [2.24, 2.45) is 0 Å². The van der Waals surface area contributed by atoms with Crippen molar-refractivity contribution in [3.8, 4) is 17.3 Å². The lowest BCUT2D eigenvalue weighted by Crippen LogP contribution is -2.28. The first-order chi connectivity index (χ1) is 13.0. The van der Waals surface area contributed by atoms with E-state index in [1.165, 1.54) is 5.56 Å². The van der Waals surface area contributed by atoms with Crippen molar-refractivity contribution in [2.45, 2.75) is 33.2 Å². The Kier molecular flexibility index (Phi) is 5.68. The molecule has 0 fully saturated rings. The van der Waals surface area contributed by atoms with Crippen LogP contribution in [0.1, 0.15) is 39.5 Å². The molecule has 4 nitrogen and oxygen atoms in total. The molecule has 1 unspecified atom stereocenters. The van der Waals surface area contributed by atoms with Crippen molar-refractivity contribution in [3.05, 3.63) is 75.1 Å². The third-order valence-corrected chi connectivity index (χ3v) is 5.34. The molecule has 5 heteroatoms. The minimum atomic E-state index is -0.123. The molecule has 1 atom stereocenters. The minimum Gasteiger partial charge on any atom is -0.349 e. The minimum absolute atomic E-state index is 0.0381.